The van der Waals surface area contributed by atoms with Crippen LogP contribution in [0.4, 0.5) is 5.69 Å². The molecule has 0 saturated heterocycles. The van der Waals surface area contributed by atoms with Crippen LogP contribution in [-0.2, 0) is 23.8 Å². The van der Waals surface area contributed by atoms with E-state index in [0.29, 0.717) is 0 Å². The molecule has 50 heavy (non-hydrogen) atoms. The molecule has 9 unspecified atom stereocenters. The largest absolute Gasteiger partial charge is 0.507 e. The van der Waals surface area contributed by atoms with Gasteiger partial charge in [0.25, 0.3) is 11.7 Å². The van der Waals surface area contributed by atoms with Gasteiger partial charge in [0.2, 0.25) is 0 Å². The number of amides is 1. The fraction of sp³-hybridized carbons (Fsp3) is 0.486. The van der Waals surface area contributed by atoms with Crippen molar-refractivity contribution in [1.82, 2.24) is 0 Å². The number of phenolic OH excluding ortho intramolecular Hbond substituents is 3. The lowest BCUT2D eigenvalue weighted by Gasteiger charge is -2.37. The molecule has 1 amide bonds. The number of methoxy groups -OCH3 is 2. The van der Waals surface area contributed by atoms with Crippen LogP contribution in [0.2, 0.25) is 0 Å². The van der Waals surface area contributed by atoms with Gasteiger partial charge in [0, 0.05) is 48.5 Å². The lowest BCUT2D eigenvalue weighted by molar-refractivity contribution is -0.155. The quantitative estimate of drug-likeness (QED) is 0.145. The fourth-order valence-corrected chi connectivity index (χ4v) is 6.84. The summed E-state index contributed by atoms with van der Waals surface area (Å²) in [5.41, 5.74) is -0.105. The molecule has 0 spiro atoms. The third-order valence-corrected chi connectivity index (χ3v) is 10.1. The number of aliphatic hydroxyl groups excluding tert-OH is 2. The van der Waals surface area contributed by atoms with Crippen LogP contribution in [0, 0.1) is 36.5 Å². The average molecular weight is 698 g/mol. The van der Waals surface area contributed by atoms with E-state index in [1.54, 1.807) is 39.8 Å². The second-order valence-electron chi connectivity index (χ2n) is 13.4. The summed E-state index contributed by atoms with van der Waals surface area (Å²) in [6.07, 6.45) is 4.39. The zero-order valence-electron chi connectivity index (χ0n) is 29.7. The molecule has 6 N–H and O–H groups in total. The number of carbonyl (C=O) groups is 3. The number of aromatic hydroxyl groups is 3. The Balaban J connectivity index is 1.88. The van der Waals surface area contributed by atoms with Crippen LogP contribution in [0.1, 0.15) is 57.5 Å². The van der Waals surface area contributed by atoms with Crippen LogP contribution in [-0.4, -0.2) is 81.5 Å². The van der Waals surface area contributed by atoms with E-state index >= 15 is 0 Å². The van der Waals surface area contributed by atoms with Crippen molar-refractivity contribution in [3.8, 4) is 23.0 Å². The van der Waals surface area contributed by atoms with Gasteiger partial charge in [-0.15, -0.1) is 0 Å². The number of aliphatic hydroxyl groups is 2. The van der Waals surface area contributed by atoms with Crippen LogP contribution in [0.3, 0.4) is 0 Å². The lowest BCUT2D eigenvalue weighted by atomic mass is 9.73. The molecule has 3 aliphatic rings. The second kappa shape index (κ2) is 14.7. The van der Waals surface area contributed by atoms with Crippen molar-refractivity contribution < 1.29 is 58.9 Å². The summed E-state index contributed by atoms with van der Waals surface area (Å²) in [5.74, 6) is -9.04. The van der Waals surface area contributed by atoms with Gasteiger partial charge in [-0.2, -0.15) is 0 Å². The molecule has 3 heterocycles. The number of esters is 1. The third-order valence-electron chi connectivity index (χ3n) is 10.1. The minimum Gasteiger partial charge on any atom is -0.507 e. The van der Waals surface area contributed by atoms with Gasteiger partial charge >= 0.3 is 11.8 Å². The first-order valence-electron chi connectivity index (χ1n) is 16.4. The Kier molecular flexibility index (Phi) is 11.2. The molecule has 9 atom stereocenters. The Morgan fingerprint density at radius 3 is 2.20 bits per heavy atom. The van der Waals surface area contributed by atoms with E-state index in [2.05, 4.69) is 5.32 Å². The molecule has 13 heteroatoms. The predicted octanol–water partition coefficient (Wildman–Crippen LogP) is 4.61. The van der Waals surface area contributed by atoms with Crippen molar-refractivity contribution in [2.24, 2.45) is 29.6 Å². The molecule has 0 aromatic heterocycles. The maximum atomic E-state index is 13.9. The van der Waals surface area contributed by atoms with Crippen molar-refractivity contribution in [3.63, 3.8) is 0 Å². The van der Waals surface area contributed by atoms with Gasteiger partial charge in [-0.1, -0.05) is 45.9 Å². The number of allylic oxidation sites excluding steroid dienone is 2. The summed E-state index contributed by atoms with van der Waals surface area (Å²) in [7, 11) is 2.66. The molecule has 3 aliphatic heterocycles. The van der Waals surface area contributed by atoms with Gasteiger partial charge in [-0.05, 0) is 31.8 Å². The minimum absolute atomic E-state index is 0.0736. The Morgan fingerprint density at radius 1 is 0.920 bits per heavy atom. The van der Waals surface area contributed by atoms with E-state index in [-0.39, 0.29) is 38.9 Å². The fourth-order valence-electron chi connectivity index (χ4n) is 6.84. The van der Waals surface area contributed by atoms with E-state index in [1.165, 1.54) is 53.4 Å². The molecule has 13 nitrogen and oxygen atoms in total. The number of hydrogen-bond acceptors (Lipinski definition) is 12. The number of hydrogen-bond donors (Lipinski definition) is 6. The zero-order valence-corrected chi connectivity index (χ0v) is 29.7. The number of anilines is 1. The van der Waals surface area contributed by atoms with Crippen molar-refractivity contribution >= 4 is 34.1 Å². The van der Waals surface area contributed by atoms with Gasteiger partial charge in [0.1, 0.15) is 17.2 Å². The van der Waals surface area contributed by atoms with Crippen molar-refractivity contribution in [2.45, 2.75) is 72.6 Å². The maximum Gasteiger partial charge on any atom is 0.312 e. The Labute approximate surface area is 290 Å². The van der Waals surface area contributed by atoms with Crippen LogP contribution >= 0.6 is 0 Å². The van der Waals surface area contributed by atoms with E-state index in [1.807, 2.05) is 0 Å². The molecular formula is C37H47NO12. The molecule has 2 aromatic carbocycles. The standard InChI is InChI=1S/C37H47NO12/c1-16-11-10-12-17(2)35(45)38-22-15-23(39)26-27(32(22)43)31(42)21(6)33-28(26)34(44)37(7,50-33)49-14-13-24(47-8)18(3)25(36(46)48-9)19(4)30(41)20(5)29(16)40/h10-16,18-20,24-25,29-30,39-43H,1-9H3,(H,38,45)/b11-10+,14-13+,17-12-. The molecule has 2 aromatic rings. The molecule has 5 bridgehead atoms. The molecule has 0 fully saturated rings. The number of carbonyl (C=O) groups excluding carboxylic acids is 3. The van der Waals surface area contributed by atoms with E-state index in [4.69, 9.17) is 18.9 Å². The molecule has 5 rings (SSSR count). The summed E-state index contributed by atoms with van der Waals surface area (Å²) < 4.78 is 22.6. The molecule has 0 saturated carbocycles. The summed E-state index contributed by atoms with van der Waals surface area (Å²) in [5, 5.41) is 58.2. The predicted molar refractivity (Wildman–Crippen MR) is 184 cm³/mol. The van der Waals surface area contributed by atoms with Gasteiger partial charge in [0.05, 0.1) is 54.2 Å². The summed E-state index contributed by atoms with van der Waals surface area (Å²) in [6.45, 7) is 11.2. The first-order chi connectivity index (χ1) is 23.4. The highest BCUT2D eigenvalue weighted by Crippen LogP contribution is 2.53. The normalized spacial score (nSPS) is 33.2. The van der Waals surface area contributed by atoms with Crippen LogP contribution < -0.4 is 10.1 Å². The smallest absolute Gasteiger partial charge is 0.312 e. The first kappa shape index (κ1) is 38.2. The second-order valence-corrected chi connectivity index (χ2v) is 13.4. The Morgan fingerprint density at radius 2 is 1.58 bits per heavy atom. The highest BCUT2D eigenvalue weighted by atomic mass is 16.7. The van der Waals surface area contributed by atoms with Crippen molar-refractivity contribution in [1.29, 1.82) is 0 Å². The van der Waals surface area contributed by atoms with Gasteiger partial charge in [-0.3, -0.25) is 14.4 Å². The van der Waals surface area contributed by atoms with Crippen LogP contribution in [0.25, 0.3) is 10.8 Å². The Hall–Kier alpha value is -4.59. The van der Waals surface area contributed by atoms with Crippen molar-refractivity contribution in [2.75, 3.05) is 19.5 Å². The number of phenols is 3. The van der Waals surface area contributed by atoms with E-state index in [9.17, 15) is 39.9 Å². The number of rotatable bonds is 2. The van der Waals surface area contributed by atoms with E-state index in [0.717, 1.165) is 6.07 Å². The van der Waals surface area contributed by atoms with Crippen molar-refractivity contribution in [3.05, 3.63) is 53.3 Å². The zero-order chi connectivity index (χ0) is 37.4. The van der Waals surface area contributed by atoms with E-state index < -0.39 is 88.6 Å². The average Bonchev–Trinajstić information content (AvgIpc) is 3.34. The number of benzene rings is 2. The lowest BCUT2D eigenvalue weighted by Crippen LogP contribution is -2.45. The molecule has 0 aliphatic carbocycles. The topological polar surface area (TPSA) is 201 Å². The van der Waals surface area contributed by atoms with Crippen LogP contribution in [0.15, 0.2) is 42.2 Å². The minimum atomic E-state index is -1.99. The maximum absolute atomic E-state index is 13.9. The summed E-state index contributed by atoms with van der Waals surface area (Å²) in [4.78, 5) is 40.2. The number of ether oxygens (including phenoxy) is 4. The van der Waals surface area contributed by atoms with Gasteiger partial charge in [-0.25, -0.2) is 0 Å². The number of Topliss-reactive ketones (excluding diaryl/α,β-unsaturated/α-hetero) is 1. The highest BCUT2D eigenvalue weighted by molar-refractivity contribution is 6.21. The monoisotopic (exact) mass is 697 g/mol. The molecule has 272 valence electrons. The SMILES string of the molecule is COC(=O)C1C(C)C(OC)/C=C/OC2(C)Oc3c(C)c(O)c4c(O)c(cc(O)c4c3C2=O)NC(=O)/C(C)=C\C=C\C(C)C(O)C(C)C(O)C1C. The summed E-state index contributed by atoms with van der Waals surface area (Å²) >= 11 is 0. The third kappa shape index (κ3) is 6.77. The number of nitrogens with one attached hydrogen (secondary N) is 1. The number of fused-ring (bicyclic) bond motifs is 14. The van der Waals surface area contributed by atoms with Gasteiger partial charge in [0.15, 0.2) is 5.75 Å². The first-order valence-corrected chi connectivity index (χ1v) is 16.4. The number of ketones is 1. The Bertz CT molecular complexity index is 1760. The molecule has 0 radical (unpaired) electrons. The molecular weight excluding hydrogens is 650 g/mol. The summed E-state index contributed by atoms with van der Waals surface area (Å²) in [6, 6.07) is 1.06. The van der Waals surface area contributed by atoms with Gasteiger partial charge < -0.3 is 49.8 Å². The highest BCUT2D eigenvalue weighted by Gasteiger charge is 2.49. The van der Waals surface area contributed by atoms with Crippen LogP contribution in [0.5, 0.6) is 23.0 Å².